The van der Waals surface area contributed by atoms with E-state index in [2.05, 4.69) is 0 Å². The first kappa shape index (κ1) is 31.2. The van der Waals surface area contributed by atoms with Crippen molar-refractivity contribution in [3.8, 4) is 0 Å². The first-order valence-corrected chi connectivity index (χ1v) is 15.7. The zero-order chi connectivity index (χ0) is 29.5. The van der Waals surface area contributed by atoms with Gasteiger partial charge in [0.1, 0.15) is 24.4 Å². The minimum Gasteiger partial charge on any atom is -0.460 e. The first-order valence-electron chi connectivity index (χ1n) is 15.7. The van der Waals surface area contributed by atoms with E-state index in [4.69, 9.17) is 37.6 Å². The molecule has 0 bridgehead atoms. The number of hydrogen-bond donors (Lipinski definition) is 0. The Hall–Kier alpha value is -2.22. The number of carbonyl (C=O) groups is 4. The van der Waals surface area contributed by atoms with E-state index in [9.17, 15) is 19.2 Å². The van der Waals surface area contributed by atoms with Gasteiger partial charge in [-0.1, -0.05) is 0 Å². The monoisotopic (exact) mass is 594 g/mol. The molecule has 1 saturated heterocycles. The molecule has 4 atom stereocenters. The third kappa shape index (κ3) is 8.03. The van der Waals surface area contributed by atoms with E-state index >= 15 is 0 Å². The highest BCUT2D eigenvalue weighted by atomic mass is 16.8. The molecule has 12 nitrogen and oxygen atoms in total. The van der Waals surface area contributed by atoms with E-state index in [-0.39, 0.29) is 24.4 Å². The van der Waals surface area contributed by atoms with Crippen LogP contribution in [0.3, 0.4) is 0 Å². The lowest BCUT2D eigenvalue weighted by atomic mass is 10.1. The van der Waals surface area contributed by atoms with Gasteiger partial charge in [-0.05, 0) is 103 Å². The summed E-state index contributed by atoms with van der Waals surface area (Å²) in [6.07, 6.45) is 6.06. The quantitative estimate of drug-likeness (QED) is 0.186. The molecule has 5 aliphatic rings. The second kappa shape index (κ2) is 15.0. The zero-order valence-electron chi connectivity index (χ0n) is 24.4. The molecule has 5 rings (SSSR count). The molecular weight excluding hydrogens is 551 g/mol. The van der Waals surface area contributed by atoms with Gasteiger partial charge in [-0.2, -0.15) is 0 Å². The van der Waals surface area contributed by atoms with Crippen molar-refractivity contribution in [2.24, 2.45) is 0 Å². The number of hydrogen-bond acceptors (Lipinski definition) is 12. The summed E-state index contributed by atoms with van der Waals surface area (Å²) in [7, 11) is -0.412. The van der Waals surface area contributed by atoms with Gasteiger partial charge in [0.2, 0.25) is 0 Å². The summed E-state index contributed by atoms with van der Waals surface area (Å²) >= 11 is 0. The number of carbonyl (C=O) groups excluding carboxylic acids is 4. The fourth-order valence-electron chi connectivity index (χ4n) is 6.50. The van der Waals surface area contributed by atoms with E-state index in [1.54, 1.807) is 0 Å². The molecule has 0 aromatic carbocycles. The molecule has 5 fully saturated rings. The van der Waals surface area contributed by atoms with Gasteiger partial charge < -0.3 is 37.6 Å². The molecule has 1 heterocycles. The summed E-state index contributed by atoms with van der Waals surface area (Å²) in [5.74, 6) is -3.15. The maximum atomic E-state index is 13.4. The van der Waals surface area contributed by atoms with Crippen molar-refractivity contribution in [1.82, 2.24) is 0 Å². The van der Waals surface area contributed by atoms with Gasteiger partial charge in [0, 0.05) is 7.11 Å². The molecular formula is C29H43BO12. The van der Waals surface area contributed by atoms with E-state index in [0.29, 0.717) is 12.8 Å². The molecule has 0 radical (unpaired) electrons. The van der Waals surface area contributed by atoms with Crippen LogP contribution in [0.1, 0.15) is 103 Å². The van der Waals surface area contributed by atoms with Crippen LogP contribution in [-0.4, -0.2) is 87.1 Å². The Labute approximate surface area is 246 Å². The number of ether oxygens (including phenoxy) is 5. The summed E-state index contributed by atoms with van der Waals surface area (Å²) in [6, 6.07) is 0. The standard InChI is InChI=1S/C29H43BO12/c1-35-22(26(31)36-18-10-2-3-11-18)23(27(32)37-19-12-4-5-13-19)40-30-41-24(28(33)38-20-14-6-7-15-20)25(42-30)29(34)39-21-16-8-9-17-21/h18-25H,2-17H2,1H3. The Kier molecular flexibility index (Phi) is 11.1. The Bertz CT molecular complexity index is 899. The van der Waals surface area contributed by atoms with Crippen molar-refractivity contribution in [3.05, 3.63) is 0 Å². The Morgan fingerprint density at radius 2 is 0.881 bits per heavy atom. The van der Waals surface area contributed by atoms with Crippen molar-refractivity contribution >= 4 is 31.2 Å². The lowest BCUT2D eigenvalue weighted by molar-refractivity contribution is -0.181. The third-order valence-corrected chi connectivity index (χ3v) is 8.85. The summed E-state index contributed by atoms with van der Waals surface area (Å²) in [6.45, 7) is 0. The van der Waals surface area contributed by atoms with Crippen LogP contribution in [0.5, 0.6) is 0 Å². The normalized spacial score (nSPS) is 27.3. The van der Waals surface area contributed by atoms with Gasteiger partial charge in [-0.25, -0.2) is 19.2 Å². The maximum absolute atomic E-state index is 13.4. The average molecular weight is 594 g/mol. The minimum absolute atomic E-state index is 0.273. The number of rotatable bonds is 12. The second-order valence-corrected chi connectivity index (χ2v) is 12.0. The van der Waals surface area contributed by atoms with Gasteiger partial charge in [0.05, 0.1) is 0 Å². The molecule has 13 heteroatoms. The van der Waals surface area contributed by atoms with Gasteiger partial charge >= 0.3 is 31.2 Å². The number of methoxy groups -OCH3 is 1. The van der Waals surface area contributed by atoms with Gasteiger partial charge in [0.25, 0.3) is 0 Å². The largest absolute Gasteiger partial charge is 0.641 e. The Balaban J connectivity index is 1.31. The molecule has 4 aliphatic carbocycles. The summed E-state index contributed by atoms with van der Waals surface area (Å²) in [5, 5.41) is 0. The zero-order valence-corrected chi connectivity index (χ0v) is 24.4. The van der Waals surface area contributed by atoms with Crippen LogP contribution in [0.15, 0.2) is 0 Å². The maximum Gasteiger partial charge on any atom is 0.641 e. The molecule has 234 valence electrons. The highest BCUT2D eigenvalue weighted by Gasteiger charge is 2.55. The summed E-state index contributed by atoms with van der Waals surface area (Å²) < 4.78 is 45.3. The third-order valence-electron chi connectivity index (χ3n) is 8.85. The fourth-order valence-corrected chi connectivity index (χ4v) is 6.50. The lowest BCUT2D eigenvalue weighted by Gasteiger charge is -2.26. The van der Waals surface area contributed by atoms with Crippen LogP contribution in [0, 0.1) is 0 Å². The van der Waals surface area contributed by atoms with Crippen LogP contribution in [0.2, 0.25) is 0 Å². The van der Waals surface area contributed by atoms with Crippen molar-refractivity contribution in [2.75, 3.05) is 7.11 Å². The number of esters is 4. The fraction of sp³-hybridized carbons (Fsp3) is 0.862. The smallest absolute Gasteiger partial charge is 0.460 e. The topological polar surface area (TPSA) is 142 Å². The van der Waals surface area contributed by atoms with E-state index in [1.807, 2.05) is 0 Å². The van der Waals surface area contributed by atoms with Crippen LogP contribution in [0.4, 0.5) is 0 Å². The molecule has 4 saturated carbocycles. The molecule has 4 unspecified atom stereocenters. The average Bonchev–Trinajstić information content (AvgIpc) is 3.79. The van der Waals surface area contributed by atoms with Crippen molar-refractivity contribution in [3.63, 3.8) is 0 Å². The minimum atomic E-state index is -1.68. The lowest BCUT2D eigenvalue weighted by Crippen LogP contribution is -2.49. The highest BCUT2D eigenvalue weighted by molar-refractivity contribution is 6.39. The van der Waals surface area contributed by atoms with E-state index < -0.39 is 55.6 Å². The van der Waals surface area contributed by atoms with Crippen molar-refractivity contribution in [2.45, 2.75) is 152 Å². The SMILES string of the molecule is COC(C(=O)OC1CCCC1)C(OB1OC(C(=O)OC2CCCC2)C(C(=O)OC2CCCC2)O1)C(=O)OC1CCCC1. The van der Waals surface area contributed by atoms with Crippen LogP contribution >= 0.6 is 0 Å². The molecule has 0 aromatic heterocycles. The highest BCUT2D eigenvalue weighted by Crippen LogP contribution is 2.30. The van der Waals surface area contributed by atoms with Gasteiger partial charge in [-0.3, -0.25) is 0 Å². The molecule has 0 spiro atoms. The van der Waals surface area contributed by atoms with Crippen LogP contribution in [-0.2, 0) is 56.8 Å². The predicted octanol–water partition coefficient (Wildman–Crippen LogP) is 3.10. The van der Waals surface area contributed by atoms with Gasteiger partial charge in [-0.15, -0.1) is 0 Å². The van der Waals surface area contributed by atoms with Gasteiger partial charge in [0.15, 0.2) is 24.4 Å². The Morgan fingerprint density at radius 3 is 1.24 bits per heavy atom. The summed E-state index contributed by atoms with van der Waals surface area (Å²) in [4.78, 5) is 52.9. The van der Waals surface area contributed by atoms with Crippen molar-refractivity contribution < 1.29 is 56.8 Å². The van der Waals surface area contributed by atoms with Crippen LogP contribution < -0.4 is 0 Å². The molecule has 1 aliphatic heterocycles. The van der Waals surface area contributed by atoms with E-state index in [1.165, 1.54) is 7.11 Å². The molecule has 0 aromatic rings. The Morgan fingerprint density at radius 1 is 0.548 bits per heavy atom. The first-order chi connectivity index (χ1) is 20.4. The second-order valence-electron chi connectivity index (χ2n) is 12.0. The van der Waals surface area contributed by atoms with Crippen LogP contribution in [0.25, 0.3) is 0 Å². The summed E-state index contributed by atoms with van der Waals surface area (Å²) in [5.41, 5.74) is 0. The van der Waals surface area contributed by atoms with E-state index in [0.717, 1.165) is 89.9 Å². The molecule has 0 N–H and O–H groups in total. The van der Waals surface area contributed by atoms with Crippen molar-refractivity contribution in [1.29, 1.82) is 0 Å². The molecule has 0 amide bonds. The predicted molar refractivity (Wildman–Crippen MR) is 145 cm³/mol. The molecule has 42 heavy (non-hydrogen) atoms.